The Labute approximate surface area is 124 Å². The van der Waals surface area contributed by atoms with Crippen LogP contribution in [0.5, 0.6) is 5.88 Å². The lowest BCUT2D eigenvalue weighted by molar-refractivity contribution is 0.443. The zero-order chi connectivity index (χ0) is 14.5. The summed E-state index contributed by atoms with van der Waals surface area (Å²) in [4.78, 5) is 4.44. The van der Waals surface area contributed by atoms with Crippen LogP contribution in [-0.2, 0) is 0 Å². The van der Waals surface area contributed by atoms with E-state index in [9.17, 15) is 0 Å². The molecule has 0 bridgehead atoms. The molecule has 3 rings (SSSR count). The largest absolute Gasteiger partial charge is 0.525 e. The minimum atomic E-state index is -0.389. The predicted molar refractivity (Wildman–Crippen MR) is 85.1 cm³/mol. The third-order valence-electron chi connectivity index (χ3n) is 3.19. The van der Waals surface area contributed by atoms with Gasteiger partial charge in [0.15, 0.2) is 5.88 Å². The highest BCUT2D eigenvalue weighted by Gasteiger charge is 2.07. The normalized spacial score (nSPS) is 10.1. The third kappa shape index (κ3) is 3.12. The molecule has 1 heterocycles. The van der Waals surface area contributed by atoms with Crippen molar-refractivity contribution in [2.75, 3.05) is 0 Å². The lowest BCUT2D eigenvalue weighted by Gasteiger charge is -2.09. The number of aromatic nitrogens is 1. The standard InChI is InChI=1S/C17H14BNO2/c20-18-21-17-12-15(13-7-3-1-4-8-13)11-16(19-17)14-9-5-2-6-10-14/h1-12,18,20H. The first kappa shape index (κ1) is 13.4. The molecule has 0 radical (unpaired) electrons. The molecule has 0 aliphatic carbocycles. The zero-order valence-electron chi connectivity index (χ0n) is 11.4. The topological polar surface area (TPSA) is 42.4 Å². The average Bonchev–Trinajstić information content (AvgIpc) is 2.56. The first-order valence-electron chi connectivity index (χ1n) is 6.73. The monoisotopic (exact) mass is 275 g/mol. The molecule has 3 aromatic rings. The van der Waals surface area contributed by atoms with E-state index in [-0.39, 0.29) is 7.69 Å². The summed E-state index contributed by atoms with van der Waals surface area (Å²) in [7, 11) is -0.389. The van der Waals surface area contributed by atoms with Crippen molar-refractivity contribution in [2.45, 2.75) is 0 Å². The Morgan fingerprint density at radius 1 is 0.762 bits per heavy atom. The molecule has 21 heavy (non-hydrogen) atoms. The molecule has 3 nitrogen and oxygen atoms in total. The Morgan fingerprint density at radius 2 is 1.38 bits per heavy atom. The summed E-state index contributed by atoms with van der Waals surface area (Å²) in [6.45, 7) is 0. The molecule has 1 N–H and O–H groups in total. The van der Waals surface area contributed by atoms with Crippen LogP contribution in [0, 0.1) is 0 Å². The molecule has 0 unspecified atom stereocenters. The Balaban J connectivity index is 2.11. The first-order chi connectivity index (χ1) is 10.4. The van der Waals surface area contributed by atoms with Crippen molar-refractivity contribution in [1.82, 2.24) is 4.98 Å². The average molecular weight is 275 g/mol. The smallest absolute Gasteiger partial charge is 0.505 e. The SMILES string of the molecule is OBOc1cc(-c2ccccc2)cc(-c2ccccc2)n1. The number of nitrogens with zero attached hydrogens (tertiary/aromatic N) is 1. The fraction of sp³-hybridized carbons (Fsp3) is 0. The van der Waals surface area contributed by atoms with E-state index in [1.165, 1.54) is 0 Å². The van der Waals surface area contributed by atoms with E-state index in [4.69, 9.17) is 9.68 Å². The third-order valence-corrected chi connectivity index (χ3v) is 3.19. The molecular formula is C17H14BNO2. The highest BCUT2D eigenvalue weighted by atomic mass is 16.5. The van der Waals surface area contributed by atoms with Crippen LogP contribution in [0.25, 0.3) is 22.4 Å². The van der Waals surface area contributed by atoms with E-state index in [2.05, 4.69) is 4.98 Å². The van der Waals surface area contributed by atoms with Crippen molar-refractivity contribution in [3.8, 4) is 28.3 Å². The van der Waals surface area contributed by atoms with E-state index in [1.54, 1.807) is 0 Å². The highest BCUT2D eigenvalue weighted by molar-refractivity contribution is 6.17. The minimum Gasteiger partial charge on any atom is -0.525 e. The van der Waals surface area contributed by atoms with Gasteiger partial charge in [-0.3, -0.25) is 0 Å². The van der Waals surface area contributed by atoms with Gasteiger partial charge in [-0.05, 0) is 17.2 Å². The molecule has 102 valence electrons. The number of hydrogen-bond donors (Lipinski definition) is 1. The second-order valence-electron chi connectivity index (χ2n) is 4.58. The lowest BCUT2D eigenvalue weighted by Crippen LogP contribution is -2.02. The van der Waals surface area contributed by atoms with Crippen molar-refractivity contribution in [1.29, 1.82) is 0 Å². The molecule has 0 saturated heterocycles. The van der Waals surface area contributed by atoms with Crippen molar-refractivity contribution >= 4 is 7.69 Å². The molecule has 0 saturated carbocycles. The predicted octanol–water partition coefficient (Wildman–Crippen LogP) is 3.05. The van der Waals surface area contributed by atoms with E-state index < -0.39 is 0 Å². The van der Waals surface area contributed by atoms with Crippen molar-refractivity contribution < 1.29 is 9.68 Å². The van der Waals surface area contributed by atoms with Crippen LogP contribution in [-0.4, -0.2) is 17.7 Å². The lowest BCUT2D eigenvalue weighted by atomic mass is 10.0. The molecule has 4 heteroatoms. The highest BCUT2D eigenvalue weighted by Crippen LogP contribution is 2.28. The molecule has 0 fully saturated rings. The summed E-state index contributed by atoms with van der Waals surface area (Å²) >= 11 is 0. The van der Waals surface area contributed by atoms with Crippen LogP contribution in [0.2, 0.25) is 0 Å². The number of rotatable bonds is 4. The summed E-state index contributed by atoms with van der Waals surface area (Å²) < 4.78 is 5.17. The van der Waals surface area contributed by atoms with Gasteiger partial charge in [0.05, 0.1) is 5.69 Å². The molecule has 0 amide bonds. The maximum absolute atomic E-state index is 8.98. The van der Waals surface area contributed by atoms with Gasteiger partial charge >= 0.3 is 7.69 Å². The fourth-order valence-electron chi connectivity index (χ4n) is 2.20. The summed E-state index contributed by atoms with van der Waals surface area (Å²) in [5.41, 5.74) is 3.92. The van der Waals surface area contributed by atoms with Crippen LogP contribution in [0.15, 0.2) is 72.8 Å². The van der Waals surface area contributed by atoms with Crippen molar-refractivity contribution in [2.24, 2.45) is 0 Å². The van der Waals surface area contributed by atoms with Gasteiger partial charge < -0.3 is 9.68 Å². The maximum atomic E-state index is 8.98. The summed E-state index contributed by atoms with van der Waals surface area (Å²) in [5, 5.41) is 8.98. The second kappa shape index (κ2) is 6.24. The maximum Gasteiger partial charge on any atom is 0.505 e. The van der Waals surface area contributed by atoms with Gasteiger partial charge in [0.2, 0.25) is 0 Å². The van der Waals surface area contributed by atoms with E-state index in [0.717, 1.165) is 22.4 Å². The van der Waals surface area contributed by atoms with Gasteiger partial charge in [-0.15, -0.1) is 0 Å². The second-order valence-corrected chi connectivity index (χ2v) is 4.58. The van der Waals surface area contributed by atoms with E-state index in [0.29, 0.717) is 5.88 Å². The molecule has 2 aromatic carbocycles. The summed E-state index contributed by atoms with van der Waals surface area (Å²) in [6.07, 6.45) is 0. The Hall–Kier alpha value is -2.59. The molecule has 0 aliphatic rings. The van der Waals surface area contributed by atoms with E-state index >= 15 is 0 Å². The van der Waals surface area contributed by atoms with Crippen LogP contribution in [0.1, 0.15) is 0 Å². The molecule has 0 spiro atoms. The zero-order valence-corrected chi connectivity index (χ0v) is 11.4. The first-order valence-corrected chi connectivity index (χ1v) is 6.73. The Kier molecular flexibility index (Phi) is 3.98. The Bertz CT molecular complexity index is 660. The van der Waals surface area contributed by atoms with Gasteiger partial charge in [-0.1, -0.05) is 60.7 Å². The van der Waals surface area contributed by atoms with Crippen LogP contribution in [0.3, 0.4) is 0 Å². The minimum absolute atomic E-state index is 0.389. The number of benzene rings is 2. The fourth-order valence-corrected chi connectivity index (χ4v) is 2.20. The molecule has 0 atom stereocenters. The van der Waals surface area contributed by atoms with Crippen LogP contribution < -0.4 is 4.65 Å². The molecule has 0 aliphatic heterocycles. The Morgan fingerprint density at radius 3 is 2.00 bits per heavy atom. The van der Waals surface area contributed by atoms with Crippen LogP contribution >= 0.6 is 0 Å². The number of hydrogen-bond acceptors (Lipinski definition) is 3. The van der Waals surface area contributed by atoms with Gasteiger partial charge in [-0.25, -0.2) is 4.98 Å². The van der Waals surface area contributed by atoms with Crippen molar-refractivity contribution in [3.63, 3.8) is 0 Å². The number of pyridine rings is 1. The van der Waals surface area contributed by atoms with Gasteiger partial charge in [0.25, 0.3) is 0 Å². The molecule has 1 aromatic heterocycles. The van der Waals surface area contributed by atoms with Gasteiger partial charge in [-0.2, -0.15) is 0 Å². The van der Waals surface area contributed by atoms with E-state index in [1.807, 2.05) is 72.8 Å². The molecular weight excluding hydrogens is 261 g/mol. The van der Waals surface area contributed by atoms with Gasteiger partial charge in [0.1, 0.15) is 0 Å². The van der Waals surface area contributed by atoms with Gasteiger partial charge in [0, 0.05) is 11.6 Å². The summed E-state index contributed by atoms with van der Waals surface area (Å²) in [5.74, 6) is 0.415. The quantitative estimate of drug-likeness (QED) is 0.744. The van der Waals surface area contributed by atoms with Crippen LogP contribution in [0.4, 0.5) is 0 Å². The van der Waals surface area contributed by atoms with Crippen molar-refractivity contribution in [3.05, 3.63) is 72.8 Å². The summed E-state index contributed by atoms with van der Waals surface area (Å²) in [6, 6.07) is 23.8.